The van der Waals surface area contributed by atoms with E-state index in [0.717, 1.165) is 12.1 Å². The van der Waals surface area contributed by atoms with Gasteiger partial charge >= 0.3 is 6.18 Å². The number of benzene rings is 1. The van der Waals surface area contributed by atoms with E-state index in [4.69, 9.17) is 5.73 Å². The van der Waals surface area contributed by atoms with Crippen LogP contribution >= 0.6 is 0 Å². The van der Waals surface area contributed by atoms with E-state index in [1.165, 1.54) is 0 Å². The standard InChI is InChI=1S/C11H6F5N3/c12-6-1-5(2-7(13)3-6)8-4-9(11(14,15)16)19-10(17)18-8/h1-4H,(H2,17,18,19). The zero-order valence-corrected chi connectivity index (χ0v) is 9.17. The summed E-state index contributed by atoms with van der Waals surface area (Å²) in [5.74, 6) is -2.49. The first-order valence-electron chi connectivity index (χ1n) is 4.94. The summed E-state index contributed by atoms with van der Waals surface area (Å²) in [6.07, 6.45) is -4.72. The average Bonchev–Trinajstić information content (AvgIpc) is 2.25. The lowest BCUT2D eigenvalue weighted by Gasteiger charge is -2.09. The Balaban J connectivity index is 2.59. The Labute approximate surface area is 103 Å². The number of nitrogens with zero attached hydrogens (tertiary/aromatic N) is 2. The number of nitrogens with two attached hydrogens (primary N) is 1. The molecule has 2 rings (SSSR count). The normalized spacial score (nSPS) is 11.6. The maximum atomic E-state index is 13.0. The number of alkyl halides is 3. The Kier molecular flexibility index (Phi) is 3.09. The number of rotatable bonds is 1. The number of anilines is 1. The van der Waals surface area contributed by atoms with E-state index in [9.17, 15) is 22.0 Å². The van der Waals surface area contributed by atoms with E-state index in [1.807, 2.05) is 0 Å². The first-order chi connectivity index (χ1) is 8.75. The van der Waals surface area contributed by atoms with Crippen molar-refractivity contribution in [1.82, 2.24) is 9.97 Å². The zero-order chi connectivity index (χ0) is 14.2. The largest absolute Gasteiger partial charge is 0.433 e. The Hall–Kier alpha value is -2.25. The SMILES string of the molecule is Nc1nc(-c2cc(F)cc(F)c2)cc(C(F)(F)F)n1. The Bertz CT molecular complexity index is 604. The molecule has 0 atom stereocenters. The number of hydrogen-bond donors (Lipinski definition) is 1. The molecule has 8 heteroatoms. The summed E-state index contributed by atoms with van der Waals surface area (Å²) in [5, 5.41) is 0. The van der Waals surface area contributed by atoms with Crippen LogP contribution in [0.2, 0.25) is 0 Å². The minimum Gasteiger partial charge on any atom is -0.368 e. The molecule has 0 aliphatic carbocycles. The minimum absolute atomic E-state index is 0.155. The highest BCUT2D eigenvalue weighted by molar-refractivity contribution is 5.60. The zero-order valence-electron chi connectivity index (χ0n) is 9.17. The van der Waals surface area contributed by atoms with Gasteiger partial charge in [0, 0.05) is 11.6 Å². The van der Waals surface area contributed by atoms with Gasteiger partial charge in [-0.25, -0.2) is 18.7 Å². The van der Waals surface area contributed by atoms with E-state index in [-0.39, 0.29) is 11.3 Å². The van der Waals surface area contributed by atoms with Gasteiger partial charge in [-0.15, -0.1) is 0 Å². The maximum absolute atomic E-state index is 13.0. The highest BCUT2D eigenvalue weighted by atomic mass is 19.4. The number of hydrogen-bond acceptors (Lipinski definition) is 3. The van der Waals surface area contributed by atoms with Crippen LogP contribution in [0, 0.1) is 11.6 Å². The van der Waals surface area contributed by atoms with Crippen LogP contribution in [0.5, 0.6) is 0 Å². The molecule has 2 aromatic rings. The topological polar surface area (TPSA) is 51.8 Å². The van der Waals surface area contributed by atoms with Gasteiger partial charge in [0.2, 0.25) is 5.95 Å². The van der Waals surface area contributed by atoms with Crippen molar-refractivity contribution in [3.63, 3.8) is 0 Å². The summed E-state index contributed by atoms with van der Waals surface area (Å²) < 4.78 is 63.6. The second kappa shape index (κ2) is 4.45. The van der Waals surface area contributed by atoms with Crippen molar-refractivity contribution >= 4 is 5.95 Å². The van der Waals surface area contributed by atoms with Crippen LogP contribution in [0.3, 0.4) is 0 Å². The van der Waals surface area contributed by atoms with Gasteiger partial charge in [-0.3, -0.25) is 0 Å². The predicted octanol–water partition coefficient (Wildman–Crippen LogP) is 3.02. The molecule has 0 bridgehead atoms. The Morgan fingerprint density at radius 2 is 1.47 bits per heavy atom. The smallest absolute Gasteiger partial charge is 0.368 e. The van der Waals surface area contributed by atoms with Crippen LogP contribution in [-0.2, 0) is 6.18 Å². The summed E-state index contributed by atoms with van der Waals surface area (Å²) in [5.41, 5.74) is 3.42. The van der Waals surface area contributed by atoms with Gasteiger partial charge in [-0.1, -0.05) is 0 Å². The maximum Gasteiger partial charge on any atom is 0.433 e. The van der Waals surface area contributed by atoms with Gasteiger partial charge in [0.25, 0.3) is 0 Å². The quantitative estimate of drug-likeness (QED) is 0.814. The molecule has 2 N–H and O–H groups in total. The van der Waals surface area contributed by atoms with Gasteiger partial charge in [-0.2, -0.15) is 13.2 Å². The van der Waals surface area contributed by atoms with Crippen LogP contribution in [0.25, 0.3) is 11.3 Å². The second-order valence-corrected chi connectivity index (χ2v) is 3.65. The molecular formula is C11H6F5N3. The van der Waals surface area contributed by atoms with Crippen LogP contribution in [0.1, 0.15) is 5.69 Å². The van der Waals surface area contributed by atoms with Crippen LogP contribution in [-0.4, -0.2) is 9.97 Å². The molecule has 1 aromatic heterocycles. The first kappa shape index (κ1) is 13.2. The van der Waals surface area contributed by atoms with Crippen molar-refractivity contribution in [2.75, 3.05) is 5.73 Å². The van der Waals surface area contributed by atoms with E-state index >= 15 is 0 Å². The fourth-order valence-corrected chi connectivity index (χ4v) is 1.46. The summed E-state index contributed by atoms with van der Waals surface area (Å²) in [4.78, 5) is 6.56. The summed E-state index contributed by atoms with van der Waals surface area (Å²) in [6, 6.07) is 2.87. The molecule has 3 nitrogen and oxygen atoms in total. The molecule has 0 amide bonds. The van der Waals surface area contributed by atoms with Crippen molar-refractivity contribution in [3.8, 4) is 11.3 Å². The predicted molar refractivity (Wildman–Crippen MR) is 56.8 cm³/mol. The van der Waals surface area contributed by atoms with E-state index in [2.05, 4.69) is 9.97 Å². The van der Waals surface area contributed by atoms with Gasteiger partial charge in [-0.05, 0) is 18.2 Å². The molecule has 0 spiro atoms. The molecule has 100 valence electrons. The number of nitrogen functional groups attached to an aromatic ring is 1. The number of halogens is 5. The monoisotopic (exact) mass is 275 g/mol. The lowest BCUT2D eigenvalue weighted by Crippen LogP contribution is -2.11. The lowest BCUT2D eigenvalue weighted by atomic mass is 10.1. The molecule has 0 unspecified atom stereocenters. The third-order valence-electron chi connectivity index (χ3n) is 2.19. The van der Waals surface area contributed by atoms with Crippen LogP contribution in [0.4, 0.5) is 27.9 Å². The molecule has 1 aromatic carbocycles. The third kappa shape index (κ3) is 2.95. The van der Waals surface area contributed by atoms with Gasteiger partial charge in [0.1, 0.15) is 11.6 Å². The van der Waals surface area contributed by atoms with Gasteiger partial charge in [0.05, 0.1) is 5.69 Å². The van der Waals surface area contributed by atoms with Crippen LogP contribution < -0.4 is 5.73 Å². The van der Waals surface area contributed by atoms with E-state index in [1.54, 1.807) is 0 Å². The molecule has 0 aliphatic heterocycles. The minimum atomic E-state index is -4.72. The third-order valence-corrected chi connectivity index (χ3v) is 2.19. The summed E-state index contributed by atoms with van der Waals surface area (Å²) in [7, 11) is 0. The Morgan fingerprint density at radius 3 is 2.00 bits per heavy atom. The van der Waals surface area contributed by atoms with E-state index in [0.29, 0.717) is 12.1 Å². The molecule has 19 heavy (non-hydrogen) atoms. The number of aromatic nitrogens is 2. The highest BCUT2D eigenvalue weighted by Gasteiger charge is 2.33. The highest BCUT2D eigenvalue weighted by Crippen LogP contribution is 2.31. The fourth-order valence-electron chi connectivity index (χ4n) is 1.46. The van der Waals surface area contributed by atoms with Crippen LogP contribution in [0.15, 0.2) is 24.3 Å². The fraction of sp³-hybridized carbons (Fsp3) is 0.0909. The van der Waals surface area contributed by atoms with Gasteiger partial charge in [0.15, 0.2) is 5.69 Å². The first-order valence-corrected chi connectivity index (χ1v) is 4.94. The summed E-state index contributed by atoms with van der Waals surface area (Å²) >= 11 is 0. The molecule has 0 aliphatic rings. The molecule has 0 radical (unpaired) electrons. The van der Waals surface area contributed by atoms with Crippen molar-refractivity contribution in [2.24, 2.45) is 0 Å². The molecule has 0 saturated heterocycles. The molecule has 0 saturated carbocycles. The van der Waals surface area contributed by atoms with Crippen molar-refractivity contribution in [3.05, 3.63) is 41.6 Å². The van der Waals surface area contributed by atoms with Crippen molar-refractivity contribution in [2.45, 2.75) is 6.18 Å². The van der Waals surface area contributed by atoms with Crippen molar-refractivity contribution < 1.29 is 22.0 Å². The van der Waals surface area contributed by atoms with Crippen molar-refractivity contribution in [1.29, 1.82) is 0 Å². The second-order valence-electron chi connectivity index (χ2n) is 3.65. The average molecular weight is 275 g/mol. The molecular weight excluding hydrogens is 269 g/mol. The summed E-state index contributed by atoms with van der Waals surface area (Å²) in [6.45, 7) is 0. The lowest BCUT2D eigenvalue weighted by molar-refractivity contribution is -0.141. The Morgan fingerprint density at radius 1 is 0.895 bits per heavy atom. The van der Waals surface area contributed by atoms with Gasteiger partial charge < -0.3 is 5.73 Å². The molecule has 1 heterocycles. The molecule has 0 fully saturated rings. The van der Waals surface area contributed by atoms with E-state index < -0.39 is 29.5 Å².